The first kappa shape index (κ1) is 18.1. The summed E-state index contributed by atoms with van der Waals surface area (Å²) in [6, 6.07) is 8.52. The Labute approximate surface area is 167 Å². The summed E-state index contributed by atoms with van der Waals surface area (Å²) in [6.07, 6.45) is 2.60. The molecular weight excluding hydrogens is 370 g/mol. The molecule has 29 heavy (non-hydrogen) atoms. The smallest absolute Gasteiger partial charge is 0.251 e. The van der Waals surface area contributed by atoms with Gasteiger partial charge in [0.25, 0.3) is 5.56 Å². The zero-order valence-electron chi connectivity index (χ0n) is 16.5. The van der Waals surface area contributed by atoms with Crippen LogP contribution in [0, 0.1) is 5.92 Å². The number of nitrogens with zero attached hydrogens (tertiary/aromatic N) is 5. The number of rotatable bonds is 3. The van der Waals surface area contributed by atoms with Gasteiger partial charge in [0.2, 0.25) is 11.8 Å². The van der Waals surface area contributed by atoms with Crippen molar-refractivity contribution in [3.63, 3.8) is 0 Å². The fraction of sp³-hybridized carbons (Fsp3) is 0.429. The maximum atomic E-state index is 13.0. The summed E-state index contributed by atoms with van der Waals surface area (Å²) >= 11 is 0. The van der Waals surface area contributed by atoms with E-state index in [2.05, 4.69) is 14.9 Å². The average Bonchev–Trinajstić information content (AvgIpc) is 3.10. The van der Waals surface area contributed by atoms with E-state index in [1.807, 2.05) is 18.2 Å². The maximum Gasteiger partial charge on any atom is 0.251 e. The van der Waals surface area contributed by atoms with E-state index in [1.54, 1.807) is 41.9 Å². The van der Waals surface area contributed by atoms with E-state index < -0.39 is 6.04 Å². The molecule has 1 amide bonds. The molecule has 5 rings (SSSR count). The molecule has 2 aliphatic heterocycles. The first-order valence-electron chi connectivity index (χ1n) is 9.86. The normalized spacial score (nSPS) is 23.7. The number of amides is 1. The van der Waals surface area contributed by atoms with Crippen LogP contribution in [0.3, 0.4) is 0 Å². The molecule has 3 aromatic heterocycles. The van der Waals surface area contributed by atoms with Gasteiger partial charge in [0.05, 0.1) is 6.54 Å². The summed E-state index contributed by atoms with van der Waals surface area (Å²) in [4.78, 5) is 38.2. The van der Waals surface area contributed by atoms with Crippen LogP contribution in [0.2, 0.25) is 0 Å². The lowest BCUT2D eigenvalue weighted by Gasteiger charge is -2.46. The topological polar surface area (TPSA) is 84.5 Å². The molecule has 2 aliphatic rings. The molecule has 5 heterocycles. The zero-order valence-corrected chi connectivity index (χ0v) is 16.5. The lowest BCUT2D eigenvalue weighted by atomic mass is 9.78. The van der Waals surface area contributed by atoms with Crippen molar-refractivity contribution in [2.45, 2.75) is 24.9 Å². The van der Waals surface area contributed by atoms with Crippen LogP contribution in [0.15, 0.2) is 45.7 Å². The summed E-state index contributed by atoms with van der Waals surface area (Å²) in [5.74, 6) is 0.866. The second kappa shape index (κ2) is 6.81. The van der Waals surface area contributed by atoms with Crippen molar-refractivity contribution >= 4 is 17.1 Å². The first-order valence-corrected chi connectivity index (χ1v) is 9.86. The van der Waals surface area contributed by atoms with Crippen molar-refractivity contribution in [2.24, 2.45) is 5.92 Å². The quantitative estimate of drug-likeness (QED) is 0.673. The number of hydrogen-bond donors (Lipinski definition) is 0. The molecule has 8 heteroatoms. The molecule has 0 radical (unpaired) electrons. The Morgan fingerprint density at radius 3 is 2.90 bits per heavy atom. The number of fused-ring (bicyclic) bond motifs is 5. The van der Waals surface area contributed by atoms with Gasteiger partial charge in [-0.25, -0.2) is 4.98 Å². The van der Waals surface area contributed by atoms with E-state index in [9.17, 15) is 9.59 Å². The third-order valence-corrected chi connectivity index (χ3v) is 5.98. The molecule has 3 atom stereocenters. The van der Waals surface area contributed by atoms with Crippen molar-refractivity contribution in [2.75, 3.05) is 27.2 Å². The van der Waals surface area contributed by atoms with Gasteiger partial charge in [-0.15, -0.1) is 0 Å². The van der Waals surface area contributed by atoms with Crippen molar-refractivity contribution in [3.05, 3.63) is 58.5 Å². The summed E-state index contributed by atoms with van der Waals surface area (Å²) < 4.78 is 7.57. The highest BCUT2D eigenvalue weighted by Crippen LogP contribution is 2.42. The molecule has 0 saturated carbocycles. The Morgan fingerprint density at radius 2 is 2.10 bits per heavy atom. The SMILES string of the molecule is CN(C)C(=O)[C@H]1[C@H]2C[C@H](CN(Cc3nc4ncccc4o3)C2)c2cccc(=O)n21. The standard InChI is InChI=1S/C21H23N5O3/c1-24(2)21(28)19-14-9-13(15-5-3-7-18(27)26(15)19)10-25(11-14)12-17-23-20-16(29-17)6-4-8-22-20/h3-8,13-14,19H,9-12H2,1-2H3/t13-,14+,19-/m1/s1. The van der Waals surface area contributed by atoms with E-state index in [-0.39, 0.29) is 23.3 Å². The largest absolute Gasteiger partial charge is 0.438 e. The number of likely N-dealkylation sites (tertiary alicyclic amines) is 1. The molecule has 150 valence electrons. The maximum absolute atomic E-state index is 13.0. The number of oxazole rings is 1. The van der Waals surface area contributed by atoms with Gasteiger partial charge >= 0.3 is 0 Å². The van der Waals surface area contributed by atoms with E-state index >= 15 is 0 Å². The lowest BCUT2D eigenvalue weighted by Crippen LogP contribution is -2.53. The molecule has 0 unspecified atom stereocenters. The van der Waals surface area contributed by atoms with Crippen LogP contribution < -0.4 is 5.56 Å². The van der Waals surface area contributed by atoms with Gasteiger partial charge in [0, 0.05) is 57.0 Å². The van der Waals surface area contributed by atoms with E-state index in [4.69, 9.17) is 4.42 Å². The van der Waals surface area contributed by atoms with Crippen LogP contribution in [-0.2, 0) is 11.3 Å². The van der Waals surface area contributed by atoms with E-state index in [0.29, 0.717) is 30.2 Å². The summed E-state index contributed by atoms with van der Waals surface area (Å²) in [6.45, 7) is 2.08. The Morgan fingerprint density at radius 1 is 1.24 bits per heavy atom. The average molecular weight is 393 g/mol. The van der Waals surface area contributed by atoms with Crippen molar-refractivity contribution in [3.8, 4) is 0 Å². The fourth-order valence-electron chi connectivity index (χ4n) is 4.81. The number of aromatic nitrogens is 3. The highest BCUT2D eigenvalue weighted by molar-refractivity contribution is 5.80. The monoisotopic (exact) mass is 393 g/mol. The molecule has 0 aromatic carbocycles. The molecule has 3 aromatic rings. The molecule has 0 spiro atoms. The van der Waals surface area contributed by atoms with E-state index in [0.717, 1.165) is 18.7 Å². The molecular formula is C21H23N5O3. The molecule has 0 N–H and O–H groups in total. The zero-order chi connectivity index (χ0) is 20.1. The highest BCUT2D eigenvalue weighted by Gasteiger charge is 2.44. The van der Waals surface area contributed by atoms with Crippen LogP contribution in [0.25, 0.3) is 11.2 Å². The number of hydrogen-bond acceptors (Lipinski definition) is 6. The number of carbonyl (C=O) groups is 1. The summed E-state index contributed by atoms with van der Waals surface area (Å²) in [5.41, 5.74) is 2.13. The molecule has 1 saturated heterocycles. The van der Waals surface area contributed by atoms with Crippen molar-refractivity contribution in [1.29, 1.82) is 0 Å². The molecule has 0 aliphatic carbocycles. The van der Waals surface area contributed by atoms with Crippen LogP contribution >= 0.6 is 0 Å². The van der Waals surface area contributed by atoms with Crippen LogP contribution in [0.1, 0.15) is 30.0 Å². The Kier molecular flexibility index (Phi) is 4.24. The third kappa shape index (κ3) is 3.04. The predicted octanol–water partition coefficient (Wildman–Crippen LogP) is 1.63. The lowest BCUT2D eigenvalue weighted by molar-refractivity contribution is -0.135. The molecule has 8 nitrogen and oxygen atoms in total. The molecule has 2 bridgehead atoms. The number of piperidine rings is 1. The van der Waals surface area contributed by atoms with Crippen LogP contribution in [0.5, 0.6) is 0 Å². The number of likely N-dealkylation sites (N-methyl/N-ethyl adjacent to an activating group) is 1. The minimum Gasteiger partial charge on any atom is -0.438 e. The van der Waals surface area contributed by atoms with Crippen LogP contribution in [-0.4, -0.2) is 57.4 Å². The Hall–Kier alpha value is -3.00. The van der Waals surface area contributed by atoms with E-state index in [1.165, 1.54) is 0 Å². The van der Waals surface area contributed by atoms with Gasteiger partial charge < -0.3 is 9.32 Å². The summed E-state index contributed by atoms with van der Waals surface area (Å²) in [7, 11) is 3.49. The number of carbonyl (C=O) groups excluding carboxylic acids is 1. The van der Waals surface area contributed by atoms with Gasteiger partial charge in [0.1, 0.15) is 6.04 Å². The third-order valence-electron chi connectivity index (χ3n) is 5.98. The first-order chi connectivity index (χ1) is 14.0. The number of pyridine rings is 2. The van der Waals surface area contributed by atoms with Crippen LogP contribution in [0.4, 0.5) is 0 Å². The fourth-order valence-corrected chi connectivity index (χ4v) is 4.81. The Balaban J connectivity index is 1.48. The van der Waals surface area contributed by atoms with Gasteiger partial charge in [0.15, 0.2) is 11.2 Å². The van der Waals surface area contributed by atoms with Gasteiger partial charge in [-0.05, 0) is 24.6 Å². The highest BCUT2D eigenvalue weighted by atomic mass is 16.3. The second-order valence-corrected chi connectivity index (χ2v) is 8.16. The summed E-state index contributed by atoms with van der Waals surface area (Å²) in [5, 5.41) is 0. The molecule has 1 fully saturated rings. The van der Waals surface area contributed by atoms with Crippen molar-refractivity contribution in [1.82, 2.24) is 24.3 Å². The second-order valence-electron chi connectivity index (χ2n) is 8.16. The van der Waals surface area contributed by atoms with Gasteiger partial charge in [-0.3, -0.25) is 19.1 Å². The Bertz CT molecular complexity index is 1100. The van der Waals surface area contributed by atoms with Crippen molar-refractivity contribution < 1.29 is 9.21 Å². The minimum atomic E-state index is -0.474. The minimum absolute atomic E-state index is 0.0316. The van der Waals surface area contributed by atoms with Gasteiger partial charge in [-0.2, -0.15) is 4.98 Å². The van der Waals surface area contributed by atoms with Gasteiger partial charge in [-0.1, -0.05) is 6.07 Å². The predicted molar refractivity (Wildman–Crippen MR) is 106 cm³/mol.